The Labute approximate surface area is 129 Å². The summed E-state index contributed by atoms with van der Waals surface area (Å²) in [4.78, 5) is 16.4. The average Bonchev–Trinajstić information content (AvgIpc) is 2.37. The Balaban J connectivity index is 2.44. The lowest BCUT2D eigenvalue weighted by atomic mass is 10.0. The fraction of sp³-hybridized carbons (Fsp3) is 0.933. The van der Waals surface area contributed by atoms with Gasteiger partial charge in [-0.15, -0.1) is 0 Å². The van der Waals surface area contributed by atoms with Crippen molar-refractivity contribution in [3.8, 4) is 0 Å². The average molecular weight is 300 g/mol. The van der Waals surface area contributed by atoms with Crippen LogP contribution in [0.4, 0.5) is 4.79 Å². The van der Waals surface area contributed by atoms with Crippen molar-refractivity contribution in [2.24, 2.45) is 5.73 Å². The molecule has 1 fully saturated rings. The molecule has 1 aliphatic heterocycles. The highest BCUT2D eigenvalue weighted by atomic mass is 16.6. The van der Waals surface area contributed by atoms with E-state index in [9.17, 15) is 4.79 Å². The van der Waals surface area contributed by atoms with E-state index in [-0.39, 0.29) is 12.1 Å². The highest BCUT2D eigenvalue weighted by molar-refractivity contribution is 5.67. The normalized spacial score (nSPS) is 22.1. The summed E-state index contributed by atoms with van der Waals surface area (Å²) in [6.45, 7) is 8.83. The summed E-state index contributed by atoms with van der Waals surface area (Å²) >= 11 is 0. The minimum atomic E-state index is -0.472. The van der Waals surface area contributed by atoms with Crippen LogP contribution < -0.4 is 11.1 Å². The number of carbonyl (C=O) groups excluding carboxylic acids is 1. The van der Waals surface area contributed by atoms with Crippen LogP contribution in [0.15, 0.2) is 0 Å². The first-order valence-corrected chi connectivity index (χ1v) is 7.80. The number of nitrogens with two attached hydrogens (primary N) is 1. The van der Waals surface area contributed by atoms with Crippen LogP contribution in [-0.2, 0) is 4.74 Å². The topological polar surface area (TPSA) is 70.8 Å². The van der Waals surface area contributed by atoms with Crippen LogP contribution in [0.1, 0.15) is 33.6 Å². The maximum absolute atomic E-state index is 11.7. The molecule has 0 saturated carbocycles. The van der Waals surface area contributed by atoms with Crippen molar-refractivity contribution in [2.75, 3.05) is 40.3 Å². The molecular formula is C15H32N4O2. The maximum atomic E-state index is 11.7. The van der Waals surface area contributed by atoms with E-state index in [1.165, 1.54) is 12.8 Å². The van der Waals surface area contributed by atoms with Crippen molar-refractivity contribution in [2.45, 2.75) is 51.3 Å². The summed E-state index contributed by atoms with van der Waals surface area (Å²) in [5, 5.41) is 2.82. The van der Waals surface area contributed by atoms with Gasteiger partial charge in [-0.2, -0.15) is 0 Å². The summed E-state index contributed by atoms with van der Waals surface area (Å²) in [5.74, 6) is 0. The van der Waals surface area contributed by atoms with Gasteiger partial charge < -0.3 is 20.7 Å². The minimum absolute atomic E-state index is 0.133. The predicted octanol–water partition coefficient (Wildman–Crippen LogP) is 0.864. The first-order valence-electron chi connectivity index (χ1n) is 7.80. The number of amides is 1. The van der Waals surface area contributed by atoms with E-state index in [0.717, 1.165) is 13.1 Å². The van der Waals surface area contributed by atoms with E-state index in [1.807, 2.05) is 20.8 Å². The van der Waals surface area contributed by atoms with Gasteiger partial charge in [0.15, 0.2) is 0 Å². The second-order valence-corrected chi connectivity index (χ2v) is 7.00. The van der Waals surface area contributed by atoms with Gasteiger partial charge in [0.25, 0.3) is 0 Å². The van der Waals surface area contributed by atoms with Gasteiger partial charge in [-0.05, 0) is 54.3 Å². The zero-order valence-electron chi connectivity index (χ0n) is 14.2. The number of piperidine rings is 1. The van der Waals surface area contributed by atoms with E-state index in [4.69, 9.17) is 10.5 Å². The SMILES string of the molecule is CN1CCCC(N(C)C(CN)CNC(=O)OC(C)(C)C)C1. The molecule has 1 aliphatic rings. The van der Waals surface area contributed by atoms with E-state index >= 15 is 0 Å². The molecule has 0 aromatic carbocycles. The molecule has 6 nitrogen and oxygen atoms in total. The second kappa shape index (κ2) is 7.96. The first-order chi connectivity index (χ1) is 9.73. The van der Waals surface area contributed by atoms with Gasteiger partial charge in [-0.3, -0.25) is 4.90 Å². The Hall–Kier alpha value is -0.850. The van der Waals surface area contributed by atoms with E-state index in [0.29, 0.717) is 19.1 Å². The number of nitrogens with one attached hydrogen (secondary N) is 1. The van der Waals surface area contributed by atoms with Crippen LogP contribution in [0.25, 0.3) is 0 Å². The lowest BCUT2D eigenvalue weighted by molar-refractivity contribution is 0.0489. The van der Waals surface area contributed by atoms with Gasteiger partial charge in [0.05, 0.1) is 0 Å². The quantitative estimate of drug-likeness (QED) is 0.788. The third-order valence-electron chi connectivity index (χ3n) is 3.90. The molecule has 3 N–H and O–H groups in total. The van der Waals surface area contributed by atoms with Crippen LogP contribution >= 0.6 is 0 Å². The summed E-state index contributed by atoms with van der Waals surface area (Å²) in [6, 6.07) is 0.631. The van der Waals surface area contributed by atoms with Crippen molar-refractivity contribution in [3.05, 3.63) is 0 Å². The molecule has 1 heterocycles. The molecule has 0 spiro atoms. The molecule has 1 amide bonds. The van der Waals surface area contributed by atoms with Gasteiger partial charge in [-0.1, -0.05) is 0 Å². The smallest absolute Gasteiger partial charge is 0.407 e. The monoisotopic (exact) mass is 300 g/mol. The molecule has 1 rings (SSSR count). The molecule has 21 heavy (non-hydrogen) atoms. The molecule has 6 heteroatoms. The molecule has 1 saturated heterocycles. The largest absolute Gasteiger partial charge is 0.444 e. The number of likely N-dealkylation sites (N-methyl/N-ethyl adjacent to an activating group) is 2. The number of ether oxygens (including phenoxy) is 1. The number of hydrogen-bond donors (Lipinski definition) is 2. The fourth-order valence-corrected chi connectivity index (χ4v) is 2.68. The third kappa shape index (κ3) is 6.63. The molecule has 0 bridgehead atoms. The van der Waals surface area contributed by atoms with Crippen molar-refractivity contribution >= 4 is 6.09 Å². The Kier molecular flexibility index (Phi) is 6.90. The van der Waals surface area contributed by atoms with Gasteiger partial charge in [0.1, 0.15) is 5.60 Å². The van der Waals surface area contributed by atoms with Crippen LogP contribution in [0.2, 0.25) is 0 Å². The molecule has 124 valence electrons. The Bertz CT molecular complexity index is 330. The van der Waals surface area contributed by atoms with E-state index in [2.05, 4.69) is 29.2 Å². The van der Waals surface area contributed by atoms with Gasteiger partial charge in [0, 0.05) is 31.7 Å². The Morgan fingerprint density at radius 3 is 2.71 bits per heavy atom. The van der Waals surface area contributed by atoms with Gasteiger partial charge >= 0.3 is 6.09 Å². The Morgan fingerprint density at radius 2 is 2.19 bits per heavy atom. The lowest BCUT2D eigenvalue weighted by Gasteiger charge is -2.39. The summed E-state index contributed by atoms with van der Waals surface area (Å²) in [7, 11) is 4.24. The van der Waals surface area contributed by atoms with E-state index < -0.39 is 5.60 Å². The molecule has 0 aromatic rings. The third-order valence-corrected chi connectivity index (χ3v) is 3.90. The zero-order valence-corrected chi connectivity index (χ0v) is 14.2. The highest BCUT2D eigenvalue weighted by Gasteiger charge is 2.26. The van der Waals surface area contributed by atoms with Crippen molar-refractivity contribution in [3.63, 3.8) is 0 Å². The van der Waals surface area contributed by atoms with E-state index in [1.54, 1.807) is 0 Å². The highest BCUT2D eigenvalue weighted by Crippen LogP contribution is 2.15. The van der Waals surface area contributed by atoms with Crippen molar-refractivity contribution < 1.29 is 9.53 Å². The summed E-state index contributed by atoms with van der Waals surface area (Å²) in [5.41, 5.74) is 5.41. The standard InChI is InChI=1S/C15H32N4O2/c1-15(2,3)21-14(20)17-10-13(9-16)19(5)12-7-6-8-18(4)11-12/h12-13H,6-11,16H2,1-5H3,(H,17,20). The van der Waals surface area contributed by atoms with Gasteiger partial charge in [-0.25, -0.2) is 4.79 Å². The molecule has 0 radical (unpaired) electrons. The van der Waals surface area contributed by atoms with Gasteiger partial charge in [0.2, 0.25) is 0 Å². The predicted molar refractivity (Wildman–Crippen MR) is 85.4 cm³/mol. The minimum Gasteiger partial charge on any atom is -0.444 e. The maximum Gasteiger partial charge on any atom is 0.407 e. The number of alkyl carbamates (subject to hydrolysis) is 1. The number of likely N-dealkylation sites (tertiary alicyclic amines) is 1. The number of carbonyl (C=O) groups is 1. The van der Waals surface area contributed by atoms with Crippen LogP contribution in [0, 0.1) is 0 Å². The zero-order chi connectivity index (χ0) is 16.0. The van der Waals surface area contributed by atoms with Crippen LogP contribution in [-0.4, -0.2) is 73.9 Å². The summed E-state index contributed by atoms with van der Waals surface area (Å²) < 4.78 is 5.26. The van der Waals surface area contributed by atoms with Crippen molar-refractivity contribution in [1.82, 2.24) is 15.1 Å². The molecule has 0 aliphatic carbocycles. The lowest BCUT2D eigenvalue weighted by Crippen LogP contribution is -2.54. The Morgan fingerprint density at radius 1 is 1.52 bits per heavy atom. The van der Waals surface area contributed by atoms with Crippen LogP contribution in [0.3, 0.4) is 0 Å². The number of rotatable bonds is 5. The molecule has 2 atom stereocenters. The molecule has 0 aromatic heterocycles. The van der Waals surface area contributed by atoms with Crippen molar-refractivity contribution in [1.29, 1.82) is 0 Å². The molecule has 2 unspecified atom stereocenters. The number of nitrogens with zero attached hydrogens (tertiary/aromatic N) is 2. The second-order valence-electron chi connectivity index (χ2n) is 7.00. The fourth-order valence-electron chi connectivity index (χ4n) is 2.68. The number of hydrogen-bond acceptors (Lipinski definition) is 5. The summed E-state index contributed by atoms with van der Waals surface area (Å²) in [6.07, 6.45) is 2.02. The molecular weight excluding hydrogens is 268 g/mol. The first kappa shape index (κ1) is 18.2. The van der Waals surface area contributed by atoms with Crippen LogP contribution in [0.5, 0.6) is 0 Å².